The maximum absolute atomic E-state index is 11.9. The van der Waals surface area contributed by atoms with Crippen molar-refractivity contribution in [3.8, 4) is 0 Å². The number of rotatable bonds is 6. The van der Waals surface area contributed by atoms with E-state index in [0.717, 1.165) is 19.3 Å². The molecule has 5 unspecified atom stereocenters. The fraction of sp³-hybridized carbons (Fsp3) is 0.714. The minimum Gasteiger partial charge on any atom is -0.458 e. The van der Waals surface area contributed by atoms with Crippen LogP contribution in [0.3, 0.4) is 0 Å². The molecular formula is C14H21NO6S. The molecule has 0 aromatic heterocycles. The van der Waals surface area contributed by atoms with E-state index in [9.17, 15) is 13.8 Å². The normalized spacial score (nSPS) is 34.2. The van der Waals surface area contributed by atoms with Gasteiger partial charge >= 0.3 is 17.3 Å². The van der Waals surface area contributed by atoms with Crippen molar-refractivity contribution in [2.75, 3.05) is 6.54 Å². The number of nitrogens with one attached hydrogen (secondary N) is 1. The van der Waals surface area contributed by atoms with Crippen LogP contribution < -0.4 is 5.32 Å². The molecule has 124 valence electrons. The van der Waals surface area contributed by atoms with Crippen molar-refractivity contribution in [1.82, 2.24) is 5.32 Å². The Morgan fingerprint density at radius 2 is 2.18 bits per heavy atom. The van der Waals surface area contributed by atoms with Gasteiger partial charge in [0.25, 0.3) is 0 Å². The Morgan fingerprint density at radius 1 is 1.50 bits per heavy atom. The van der Waals surface area contributed by atoms with Crippen molar-refractivity contribution < 1.29 is 27.3 Å². The van der Waals surface area contributed by atoms with E-state index in [-0.39, 0.29) is 17.9 Å². The molecule has 5 atom stereocenters. The maximum atomic E-state index is 11.9. The molecule has 2 bridgehead atoms. The first-order chi connectivity index (χ1) is 10.2. The van der Waals surface area contributed by atoms with Crippen molar-refractivity contribution in [1.29, 1.82) is 0 Å². The molecule has 0 aromatic rings. The standard InChI is InChI=1S/C14H21NO6S/c1-8(2)13(17)15-7-10(16)20-12-11(21-22(18)19)9-4-5-14(12,3)6-9/h9,11-12H,1,4-7H2,2-3H3,(H,15,17)(H,18,19). The third-order valence-corrected chi connectivity index (χ3v) is 4.88. The van der Waals surface area contributed by atoms with E-state index in [1.807, 2.05) is 6.92 Å². The lowest BCUT2D eigenvalue weighted by Gasteiger charge is -2.35. The molecule has 0 radical (unpaired) electrons. The first kappa shape index (κ1) is 17.1. The highest BCUT2D eigenvalue weighted by Gasteiger charge is 2.58. The number of ether oxygens (including phenoxy) is 1. The van der Waals surface area contributed by atoms with E-state index in [1.165, 1.54) is 6.92 Å². The van der Waals surface area contributed by atoms with Gasteiger partial charge in [-0.05, 0) is 32.1 Å². The number of carbonyl (C=O) groups excluding carboxylic acids is 2. The van der Waals surface area contributed by atoms with E-state index in [1.54, 1.807) is 0 Å². The Kier molecular flexibility index (Phi) is 5.03. The van der Waals surface area contributed by atoms with E-state index in [2.05, 4.69) is 11.9 Å². The fourth-order valence-corrected chi connectivity index (χ4v) is 3.87. The summed E-state index contributed by atoms with van der Waals surface area (Å²) in [5.74, 6) is -0.894. The highest BCUT2D eigenvalue weighted by molar-refractivity contribution is 7.74. The molecule has 0 heterocycles. The summed E-state index contributed by atoms with van der Waals surface area (Å²) in [7, 11) is 0. The second-order valence-electron chi connectivity index (χ2n) is 6.31. The van der Waals surface area contributed by atoms with E-state index >= 15 is 0 Å². The summed E-state index contributed by atoms with van der Waals surface area (Å²) in [5.41, 5.74) is 0.0551. The van der Waals surface area contributed by atoms with Crippen LogP contribution in [0.1, 0.15) is 33.1 Å². The van der Waals surface area contributed by atoms with Gasteiger partial charge in [-0.2, -0.15) is 4.21 Å². The minimum absolute atomic E-state index is 0.115. The third-order valence-electron chi connectivity index (χ3n) is 4.50. The molecule has 22 heavy (non-hydrogen) atoms. The Hall–Kier alpha value is -1.25. The summed E-state index contributed by atoms with van der Waals surface area (Å²) in [6, 6.07) is 0. The monoisotopic (exact) mass is 331 g/mol. The first-order valence-corrected chi connectivity index (χ1v) is 8.17. The summed E-state index contributed by atoms with van der Waals surface area (Å²) < 4.78 is 30.4. The van der Waals surface area contributed by atoms with Crippen LogP contribution in [0.4, 0.5) is 0 Å². The van der Waals surface area contributed by atoms with Crippen LogP contribution in [-0.2, 0) is 29.9 Å². The number of carbonyl (C=O) groups is 2. The zero-order valence-electron chi connectivity index (χ0n) is 12.7. The maximum Gasteiger partial charge on any atom is 0.325 e. The topological polar surface area (TPSA) is 102 Å². The molecule has 2 fully saturated rings. The molecule has 0 aliphatic heterocycles. The van der Waals surface area contributed by atoms with Gasteiger partial charge in [-0.25, -0.2) is 0 Å². The molecule has 1 amide bonds. The van der Waals surface area contributed by atoms with Gasteiger partial charge in [0.15, 0.2) is 0 Å². The van der Waals surface area contributed by atoms with Gasteiger partial charge < -0.3 is 10.1 Å². The van der Waals surface area contributed by atoms with Crippen LogP contribution in [0.5, 0.6) is 0 Å². The number of hydrogen-bond acceptors (Lipinski definition) is 5. The number of esters is 1. The van der Waals surface area contributed by atoms with Gasteiger partial charge in [-0.1, -0.05) is 13.5 Å². The Balaban J connectivity index is 1.97. The lowest BCUT2D eigenvalue weighted by Crippen LogP contribution is -2.45. The summed E-state index contributed by atoms with van der Waals surface area (Å²) in [6.45, 7) is 6.74. The second kappa shape index (κ2) is 6.47. The quantitative estimate of drug-likeness (QED) is 0.426. The van der Waals surface area contributed by atoms with Crippen LogP contribution >= 0.6 is 0 Å². The Labute approximate surface area is 131 Å². The van der Waals surface area contributed by atoms with Crippen LogP contribution in [0.15, 0.2) is 12.2 Å². The van der Waals surface area contributed by atoms with E-state index in [0.29, 0.717) is 5.57 Å². The van der Waals surface area contributed by atoms with Crippen molar-refractivity contribution in [2.45, 2.75) is 45.3 Å². The lowest BCUT2D eigenvalue weighted by molar-refractivity contribution is -0.161. The highest BCUT2D eigenvalue weighted by Crippen LogP contribution is 2.56. The molecule has 7 nitrogen and oxygen atoms in total. The molecule has 0 spiro atoms. The van der Waals surface area contributed by atoms with Crippen molar-refractivity contribution in [2.24, 2.45) is 11.3 Å². The fourth-order valence-electron chi connectivity index (χ4n) is 3.42. The highest BCUT2D eigenvalue weighted by atomic mass is 32.2. The van der Waals surface area contributed by atoms with Gasteiger partial charge in [0.1, 0.15) is 18.8 Å². The molecule has 2 rings (SSSR count). The van der Waals surface area contributed by atoms with Crippen molar-refractivity contribution in [3.63, 3.8) is 0 Å². The van der Waals surface area contributed by atoms with Gasteiger partial charge in [-0.15, -0.1) is 0 Å². The second-order valence-corrected chi connectivity index (χ2v) is 6.94. The average molecular weight is 331 g/mol. The smallest absolute Gasteiger partial charge is 0.325 e. The molecular weight excluding hydrogens is 310 g/mol. The minimum atomic E-state index is -2.40. The van der Waals surface area contributed by atoms with Gasteiger partial charge in [0.05, 0.1) is 0 Å². The number of amides is 1. The molecule has 2 aliphatic carbocycles. The zero-order valence-corrected chi connectivity index (χ0v) is 13.5. The largest absolute Gasteiger partial charge is 0.458 e. The first-order valence-electron chi connectivity index (χ1n) is 7.14. The van der Waals surface area contributed by atoms with Gasteiger partial charge in [0, 0.05) is 11.0 Å². The molecule has 0 aromatic carbocycles. The van der Waals surface area contributed by atoms with Crippen LogP contribution in [0.2, 0.25) is 0 Å². The van der Waals surface area contributed by atoms with Crippen LogP contribution in [0.25, 0.3) is 0 Å². The summed E-state index contributed by atoms with van der Waals surface area (Å²) in [5, 5.41) is 2.40. The summed E-state index contributed by atoms with van der Waals surface area (Å²) in [4.78, 5) is 23.3. The van der Waals surface area contributed by atoms with Crippen LogP contribution in [-0.4, -0.2) is 39.4 Å². The molecule has 2 N–H and O–H groups in total. The molecule has 0 saturated heterocycles. The predicted molar refractivity (Wildman–Crippen MR) is 78.8 cm³/mol. The van der Waals surface area contributed by atoms with Crippen molar-refractivity contribution in [3.05, 3.63) is 12.2 Å². The zero-order chi connectivity index (χ0) is 16.5. The number of fused-ring (bicyclic) bond motifs is 2. The Morgan fingerprint density at radius 3 is 2.77 bits per heavy atom. The molecule has 2 aliphatic rings. The van der Waals surface area contributed by atoms with E-state index < -0.39 is 35.4 Å². The number of hydrogen-bond donors (Lipinski definition) is 2. The Bertz CT molecular complexity index is 521. The SMILES string of the molecule is C=C(C)C(=O)NCC(=O)OC1C(OS(=O)O)C2CCC1(C)C2. The average Bonchev–Trinajstić information content (AvgIpc) is 2.92. The van der Waals surface area contributed by atoms with Gasteiger partial charge in [0.2, 0.25) is 5.91 Å². The molecule has 8 heteroatoms. The summed E-state index contributed by atoms with van der Waals surface area (Å²) in [6.07, 6.45) is 1.41. The third kappa shape index (κ3) is 3.56. The predicted octanol–water partition coefficient (Wildman–Crippen LogP) is 0.932. The van der Waals surface area contributed by atoms with Crippen LogP contribution in [0, 0.1) is 11.3 Å². The lowest BCUT2D eigenvalue weighted by atomic mass is 9.82. The summed E-state index contributed by atoms with van der Waals surface area (Å²) >= 11 is -2.40. The van der Waals surface area contributed by atoms with E-state index in [4.69, 9.17) is 13.5 Å². The molecule has 2 saturated carbocycles. The van der Waals surface area contributed by atoms with Crippen molar-refractivity contribution >= 4 is 23.2 Å². The van der Waals surface area contributed by atoms with Gasteiger partial charge in [-0.3, -0.25) is 18.3 Å².